The molecule has 0 radical (unpaired) electrons. The number of hydrogen-bond acceptors (Lipinski definition) is 7. The van der Waals surface area contributed by atoms with E-state index in [4.69, 9.17) is 14.9 Å². The molecular weight excluding hydrogens is 607 g/mol. The molecule has 0 atom stereocenters. The molecule has 212 valence electrons. The lowest BCUT2D eigenvalue weighted by Gasteiger charge is -2.29. The minimum Gasteiger partial charge on any atom is -0.481 e. The summed E-state index contributed by atoms with van der Waals surface area (Å²) in [5.74, 6) is 0.543. The quantitative estimate of drug-likeness (QED) is 0.245. The minimum atomic E-state index is -0.617. The zero-order valence-electron chi connectivity index (χ0n) is 22.3. The number of anilines is 2. The summed E-state index contributed by atoms with van der Waals surface area (Å²) < 4.78 is 27.7. The molecule has 3 aromatic carbocycles. The van der Waals surface area contributed by atoms with Crippen LogP contribution >= 0.6 is 15.9 Å². The van der Waals surface area contributed by atoms with Gasteiger partial charge in [0, 0.05) is 28.7 Å². The molecule has 2 amide bonds. The van der Waals surface area contributed by atoms with Crippen LogP contribution in [0.2, 0.25) is 0 Å². The third-order valence-electron chi connectivity index (χ3n) is 6.79. The van der Waals surface area contributed by atoms with Gasteiger partial charge >= 0.3 is 0 Å². The average Bonchev–Trinajstić information content (AvgIpc) is 3.66. The van der Waals surface area contributed by atoms with E-state index >= 15 is 0 Å². The predicted molar refractivity (Wildman–Crippen MR) is 156 cm³/mol. The smallest absolute Gasteiger partial charge is 0.265 e. The van der Waals surface area contributed by atoms with Gasteiger partial charge in [0.25, 0.3) is 11.8 Å². The zero-order chi connectivity index (χ0) is 29.4. The number of ether oxygens (including phenoxy) is 1. The Bertz CT molecular complexity index is 1780. The van der Waals surface area contributed by atoms with Crippen molar-refractivity contribution in [1.29, 1.82) is 0 Å². The number of carbonyl (C=O) groups excluding carboxylic acids is 2. The normalized spacial score (nSPS) is 12.6. The van der Waals surface area contributed by atoms with Crippen LogP contribution in [0.15, 0.2) is 87.9 Å². The lowest BCUT2D eigenvalue weighted by molar-refractivity contribution is -0.121. The van der Waals surface area contributed by atoms with Crippen molar-refractivity contribution in [3.63, 3.8) is 0 Å². The maximum Gasteiger partial charge on any atom is 0.265 e. The first-order valence-electron chi connectivity index (χ1n) is 12.9. The zero-order valence-corrected chi connectivity index (χ0v) is 23.9. The first kappa shape index (κ1) is 27.2. The number of nitrogens with two attached hydrogens (primary N) is 1. The Balaban J connectivity index is 1.11. The van der Waals surface area contributed by atoms with Crippen LogP contribution in [0.1, 0.15) is 21.8 Å². The Morgan fingerprint density at radius 1 is 1.10 bits per heavy atom. The highest BCUT2D eigenvalue weighted by molar-refractivity contribution is 9.10. The number of halogens is 2. The first-order chi connectivity index (χ1) is 20.2. The number of rotatable bonds is 7. The monoisotopic (exact) mass is 630 g/mol. The number of benzene rings is 3. The molecule has 2 aromatic heterocycles. The van der Waals surface area contributed by atoms with Gasteiger partial charge < -0.3 is 19.8 Å². The fourth-order valence-electron chi connectivity index (χ4n) is 4.59. The summed E-state index contributed by atoms with van der Waals surface area (Å²) in [4.78, 5) is 28.6. The van der Waals surface area contributed by atoms with Crippen LogP contribution in [0.25, 0.3) is 17.0 Å². The van der Waals surface area contributed by atoms with Gasteiger partial charge in [-0.2, -0.15) is 0 Å². The topological polar surface area (TPSA) is 120 Å². The molecule has 0 saturated carbocycles. The van der Waals surface area contributed by atoms with E-state index in [2.05, 4.69) is 26.2 Å². The predicted octanol–water partition coefficient (Wildman–Crippen LogP) is 5.21. The van der Waals surface area contributed by atoms with Gasteiger partial charge in [0.1, 0.15) is 28.8 Å². The van der Waals surface area contributed by atoms with Crippen molar-refractivity contribution in [2.45, 2.75) is 13.1 Å². The number of nitrogens with zero attached hydrogens (tertiary/aromatic N) is 5. The average molecular weight is 631 g/mol. The summed E-state index contributed by atoms with van der Waals surface area (Å²) in [6.45, 7) is 0.184. The summed E-state index contributed by atoms with van der Waals surface area (Å²) in [6.07, 6.45) is 1.68. The van der Waals surface area contributed by atoms with E-state index in [1.807, 2.05) is 36.4 Å². The van der Waals surface area contributed by atoms with Gasteiger partial charge in [0.05, 0.1) is 36.3 Å². The second-order valence-electron chi connectivity index (χ2n) is 9.75. The maximum absolute atomic E-state index is 13.9. The van der Waals surface area contributed by atoms with Crippen LogP contribution in [0, 0.1) is 5.82 Å². The van der Waals surface area contributed by atoms with Crippen molar-refractivity contribution >= 4 is 39.1 Å². The molecule has 0 spiro atoms. The van der Waals surface area contributed by atoms with E-state index in [1.165, 1.54) is 11.0 Å². The molecule has 2 N–H and O–H groups in total. The Hall–Kier alpha value is -4.97. The Labute approximate surface area is 248 Å². The molecule has 0 aliphatic carbocycles. The largest absolute Gasteiger partial charge is 0.481 e. The lowest BCUT2D eigenvalue weighted by Crippen LogP contribution is -2.38. The summed E-state index contributed by atoms with van der Waals surface area (Å²) >= 11 is 3.43. The van der Waals surface area contributed by atoms with E-state index in [1.54, 1.807) is 47.1 Å². The SMILES string of the molecule is CN(Cc1ccc(-c2ccc(Br)cc2)o1)C(=O)c1ccc(-n2cc(CN3C(=O)COc4cc(F)c(N)cc43)nn2)cc1. The number of hydrogen-bond donors (Lipinski definition) is 1. The fourth-order valence-corrected chi connectivity index (χ4v) is 4.85. The number of aromatic nitrogens is 3. The van der Waals surface area contributed by atoms with Crippen LogP contribution in [-0.2, 0) is 17.9 Å². The van der Waals surface area contributed by atoms with Crippen LogP contribution in [0.4, 0.5) is 15.8 Å². The molecular formula is C30H24BrFN6O4. The highest BCUT2D eigenvalue weighted by Gasteiger charge is 2.28. The van der Waals surface area contributed by atoms with Gasteiger partial charge in [0.15, 0.2) is 6.61 Å². The van der Waals surface area contributed by atoms with Crippen LogP contribution in [-0.4, -0.2) is 45.4 Å². The highest BCUT2D eigenvalue weighted by Crippen LogP contribution is 2.36. The molecule has 0 fully saturated rings. The van der Waals surface area contributed by atoms with Crippen LogP contribution in [0.3, 0.4) is 0 Å². The minimum absolute atomic E-state index is 0.0874. The van der Waals surface area contributed by atoms with E-state index in [9.17, 15) is 14.0 Å². The second kappa shape index (κ2) is 11.1. The molecule has 0 saturated heterocycles. The summed E-state index contributed by atoms with van der Waals surface area (Å²) in [5.41, 5.74) is 8.62. The maximum atomic E-state index is 13.9. The molecule has 1 aliphatic heterocycles. The van der Waals surface area contributed by atoms with Gasteiger partial charge in [-0.05, 0) is 54.6 Å². The van der Waals surface area contributed by atoms with Crippen molar-refractivity contribution in [2.24, 2.45) is 0 Å². The molecule has 5 aromatic rings. The van der Waals surface area contributed by atoms with Crippen LogP contribution < -0.4 is 15.4 Å². The lowest BCUT2D eigenvalue weighted by atomic mass is 10.2. The van der Waals surface area contributed by atoms with Crippen molar-refractivity contribution in [3.8, 4) is 22.8 Å². The Morgan fingerprint density at radius 2 is 1.86 bits per heavy atom. The van der Waals surface area contributed by atoms with Gasteiger partial charge in [-0.3, -0.25) is 14.5 Å². The van der Waals surface area contributed by atoms with Crippen molar-refractivity contribution in [2.75, 3.05) is 24.3 Å². The molecule has 0 unspecified atom stereocenters. The third-order valence-corrected chi connectivity index (χ3v) is 7.32. The van der Waals surface area contributed by atoms with Crippen molar-refractivity contribution < 1.29 is 23.1 Å². The van der Waals surface area contributed by atoms with E-state index in [0.717, 1.165) is 21.9 Å². The Morgan fingerprint density at radius 3 is 2.62 bits per heavy atom. The van der Waals surface area contributed by atoms with Gasteiger partial charge in [-0.25, -0.2) is 9.07 Å². The number of amides is 2. The molecule has 0 bridgehead atoms. The third kappa shape index (κ3) is 5.48. The molecule has 10 nitrogen and oxygen atoms in total. The van der Waals surface area contributed by atoms with Crippen molar-refractivity contribution in [3.05, 3.63) is 106 Å². The summed E-state index contributed by atoms with van der Waals surface area (Å²) in [6, 6.07) is 21.0. The van der Waals surface area contributed by atoms with E-state index < -0.39 is 5.82 Å². The molecule has 12 heteroatoms. The number of nitrogen functional groups attached to an aromatic ring is 1. The van der Waals surface area contributed by atoms with Crippen molar-refractivity contribution in [1.82, 2.24) is 19.9 Å². The van der Waals surface area contributed by atoms with Crippen LogP contribution in [0.5, 0.6) is 5.75 Å². The Kier molecular flexibility index (Phi) is 7.21. The van der Waals surface area contributed by atoms with E-state index in [0.29, 0.717) is 34.9 Å². The van der Waals surface area contributed by atoms with Gasteiger partial charge in [-0.15, -0.1) is 5.10 Å². The highest BCUT2D eigenvalue weighted by atomic mass is 79.9. The number of carbonyl (C=O) groups is 2. The van der Waals surface area contributed by atoms with Gasteiger partial charge in [-0.1, -0.05) is 33.3 Å². The molecule has 6 rings (SSSR count). The molecule has 42 heavy (non-hydrogen) atoms. The molecule has 1 aliphatic rings. The standard InChI is InChI=1S/C30H24BrFN6O4/c1-36(16-23-10-11-27(42-23)18-2-6-20(31)7-3-18)30(40)19-4-8-22(9-5-19)38-15-21(34-35-38)14-37-26-13-25(33)24(32)12-28(26)41-17-29(37)39/h2-13,15H,14,16-17,33H2,1H3. The first-order valence-corrected chi connectivity index (χ1v) is 13.7. The fraction of sp³-hybridized carbons (Fsp3) is 0.133. The van der Waals surface area contributed by atoms with E-state index in [-0.39, 0.29) is 36.4 Å². The number of furan rings is 1. The van der Waals surface area contributed by atoms with Gasteiger partial charge in [0.2, 0.25) is 0 Å². The summed E-state index contributed by atoms with van der Waals surface area (Å²) in [7, 11) is 1.72. The second-order valence-corrected chi connectivity index (χ2v) is 10.7. The summed E-state index contributed by atoms with van der Waals surface area (Å²) in [5, 5.41) is 8.34. The number of fused-ring (bicyclic) bond motifs is 1. The molecule has 3 heterocycles.